The third-order valence-corrected chi connectivity index (χ3v) is 2.70. The zero-order valence-corrected chi connectivity index (χ0v) is 7.96. The highest BCUT2D eigenvalue weighted by molar-refractivity contribution is 5.80. The highest BCUT2D eigenvalue weighted by atomic mass is 19.3. The minimum Gasteiger partial charge on any atom is -0.332 e. The van der Waals surface area contributed by atoms with Gasteiger partial charge in [-0.15, -0.1) is 0 Å². The Balaban J connectivity index is 2.69. The third-order valence-electron chi connectivity index (χ3n) is 2.70. The number of hydrogen-bond acceptors (Lipinski definition) is 1. The van der Waals surface area contributed by atoms with E-state index in [2.05, 4.69) is 0 Å². The molecule has 2 unspecified atom stereocenters. The molecule has 1 saturated heterocycles. The Hall–Kier alpha value is -0.670. The van der Waals surface area contributed by atoms with Gasteiger partial charge in [0, 0.05) is 12.1 Å². The summed E-state index contributed by atoms with van der Waals surface area (Å²) < 4.78 is 24.3. The predicted molar refractivity (Wildman–Crippen MR) is 45.6 cm³/mol. The normalized spacial score (nSPS) is 28.5. The first-order chi connectivity index (χ1) is 6.07. The zero-order valence-electron chi connectivity index (χ0n) is 7.96. The van der Waals surface area contributed by atoms with Crippen molar-refractivity contribution < 1.29 is 13.6 Å². The Labute approximate surface area is 76.9 Å². The summed E-state index contributed by atoms with van der Waals surface area (Å²) in [7, 11) is 0. The van der Waals surface area contributed by atoms with Crippen LogP contribution in [-0.4, -0.2) is 29.3 Å². The van der Waals surface area contributed by atoms with Gasteiger partial charge in [0.15, 0.2) is 0 Å². The highest BCUT2D eigenvalue weighted by Gasteiger charge is 2.36. The average Bonchev–Trinajstić information content (AvgIpc) is 2.45. The lowest BCUT2D eigenvalue weighted by Crippen LogP contribution is -2.42. The second-order valence-electron chi connectivity index (χ2n) is 3.53. The lowest BCUT2D eigenvalue weighted by Gasteiger charge is -2.27. The second-order valence-corrected chi connectivity index (χ2v) is 3.53. The largest absolute Gasteiger partial charge is 0.332 e. The van der Waals surface area contributed by atoms with Gasteiger partial charge < -0.3 is 4.90 Å². The van der Waals surface area contributed by atoms with E-state index in [4.69, 9.17) is 0 Å². The topological polar surface area (TPSA) is 20.3 Å². The summed E-state index contributed by atoms with van der Waals surface area (Å²) in [5.41, 5.74) is 0. The van der Waals surface area contributed by atoms with Crippen molar-refractivity contribution in [2.45, 2.75) is 51.6 Å². The third kappa shape index (κ3) is 1.98. The summed E-state index contributed by atoms with van der Waals surface area (Å²) in [4.78, 5) is 12.5. The molecule has 76 valence electrons. The molecule has 0 spiro atoms. The number of alkyl halides is 2. The Kier molecular flexibility index (Phi) is 3.22. The van der Waals surface area contributed by atoms with Gasteiger partial charge in [-0.2, -0.15) is 8.78 Å². The van der Waals surface area contributed by atoms with E-state index in [1.54, 1.807) is 0 Å². The fourth-order valence-corrected chi connectivity index (χ4v) is 1.98. The molecular formula is C9H15F2NO. The molecule has 0 radical (unpaired) electrons. The van der Waals surface area contributed by atoms with E-state index < -0.39 is 12.3 Å². The van der Waals surface area contributed by atoms with Gasteiger partial charge in [-0.25, -0.2) is 0 Å². The average molecular weight is 191 g/mol. The molecule has 0 saturated carbocycles. The lowest BCUT2D eigenvalue weighted by atomic mass is 10.1. The molecule has 13 heavy (non-hydrogen) atoms. The minimum absolute atomic E-state index is 0.0218. The number of halogens is 2. The van der Waals surface area contributed by atoms with Crippen molar-refractivity contribution >= 4 is 5.91 Å². The van der Waals surface area contributed by atoms with E-state index in [-0.39, 0.29) is 12.1 Å². The maximum Gasteiger partial charge on any atom is 0.315 e. The van der Waals surface area contributed by atoms with E-state index in [0.29, 0.717) is 0 Å². The summed E-state index contributed by atoms with van der Waals surface area (Å²) >= 11 is 0. The fraction of sp³-hybridized carbons (Fsp3) is 0.889. The Bertz CT molecular complexity index is 196. The molecule has 2 atom stereocenters. The van der Waals surface area contributed by atoms with Crippen LogP contribution in [0.5, 0.6) is 0 Å². The van der Waals surface area contributed by atoms with Crippen molar-refractivity contribution in [3.8, 4) is 0 Å². The molecular weight excluding hydrogens is 176 g/mol. The molecule has 0 bridgehead atoms. The van der Waals surface area contributed by atoms with Crippen LogP contribution in [0.3, 0.4) is 0 Å². The first-order valence-corrected chi connectivity index (χ1v) is 4.68. The number of amides is 1. The number of rotatable bonds is 2. The second kappa shape index (κ2) is 4.03. The molecule has 1 heterocycles. The highest BCUT2D eigenvalue weighted by Crippen LogP contribution is 2.27. The molecule has 1 rings (SSSR count). The number of likely N-dealkylation sites (tertiary alicyclic amines) is 1. The first kappa shape index (κ1) is 10.4. The van der Waals surface area contributed by atoms with Crippen LogP contribution in [0, 0.1) is 0 Å². The Morgan fingerprint density at radius 1 is 1.54 bits per heavy atom. The summed E-state index contributed by atoms with van der Waals surface area (Å²) in [5, 5.41) is 0. The van der Waals surface area contributed by atoms with Gasteiger partial charge >= 0.3 is 6.43 Å². The van der Waals surface area contributed by atoms with Gasteiger partial charge in [-0.05, 0) is 26.2 Å². The van der Waals surface area contributed by atoms with Crippen molar-refractivity contribution in [3.63, 3.8) is 0 Å². The lowest BCUT2D eigenvalue weighted by molar-refractivity contribution is -0.145. The van der Waals surface area contributed by atoms with E-state index in [9.17, 15) is 13.6 Å². The first-order valence-electron chi connectivity index (χ1n) is 4.68. The smallest absolute Gasteiger partial charge is 0.315 e. The van der Waals surface area contributed by atoms with Crippen LogP contribution >= 0.6 is 0 Å². The van der Waals surface area contributed by atoms with Crippen LogP contribution in [0.15, 0.2) is 0 Å². The summed E-state index contributed by atoms with van der Waals surface area (Å²) in [6.07, 6.45) is -0.384. The molecule has 1 fully saturated rings. The van der Waals surface area contributed by atoms with Crippen LogP contribution in [0.4, 0.5) is 8.78 Å². The van der Waals surface area contributed by atoms with E-state index in [1.165, 1.54) is 4.90 Å². The monoisotopic (exact) mass is 191 g/mol. The van der Waals surface area contributed by atoms with Crippen molar-refractivity contribution in [1.29, 1.82) is 0 Å². The Morgan fingerprint density at radius 3 is 2.62 bits per heavy atom. The number of carbonyl (C=O) groups is 1. The van der Waals surface area contributed by atoms with Crippen LogP contribution in [-0.2, 0) is 4.79 Å². The molecule has 2 nitrogen and oxygen atoms in total. The molecule has 0 aliphatic carbocycles. The molecule has 1 aliphatic rings. The summed E-state index contributed by atoms with van der Waals surface area (Å²) in [6.45, 7) is 3.75. The molecule has 0 aromatic carbocycles. The maximum atomic E-state index is 12.2. The van der Waals surface area contributed by atoms with Crippen LogP contribution < -0.4 is 0 Å². The quantitative estimate of drug-likeness (QED) is 0.654. The standard InChI is InChI=1S/C9H15F2NO/c1-3-7-5-4-6(2)12(7)9(13)8(10)11/h6-8H,3-5H2,1-2H3. The molecule has 1 amide bonds. The minimum atomic E-state index is -2.85. The zero-order chi connectivity index (χ0) is 10.0. The fourth-order valence-electron chi connectivity index (χ4n) is 1.98. The van der Waals surface area contributed by atoms with E-state index >= 15 is 0 Å². The predicted octanol–water partition coefficient (Wildman–Crippen LogP) is 2.04. The molecule has 0 aromatic heterocycles. The number of nitrogens with zero attached hydrogens (tertiary/aromatic N) is 1. The Morgan fingerprint density at radius 2 is 2.15 bits per heavy atom. The molecule has 0 N–H and O–H groups in total. The summed E-state index contributed by atoms with van der Waals surface area (Å²) in [6, 6.07) is 0.00273. The SMILES string of the molecule is CCC1CCC(C)N1C(=O)C(F)F. The van der Waals surface area contributed by atoms with Crippen LogP contribution in [0.25, 0.3) is 0 Å². The van der Waals surface area contributed by atoms with E-state index in [0.717, 1.165) is 19.3 Å². The number of carbonyl (C=O) groups excluding carboxylic acids is 1. The molecule has 1 aliphatic heterocycles. The van der Waals surface area contributed by atoms with Gasteiger partial charge in [-0.3, -0.25) is 4.79 Å². The van der Waals surface area contributed by atoms with Crippen molar-refractivity contribution in [2.24, 2.45) is 0 Å². The van der Waals surface area contributed by atoms with Gasteiger partial charge in [0.05, 0.1) is 0 Å². The summed E-state index contributed by atoms with van der Waals surface area (Å²) in [5.74, 6) is -1.00. The molecule has 0 aromatic rings. The van der Waals surface area contributed by atoms with Crippen molar-refractivity contribution in [3.05, 3.63) is 0 Å². The maximum absolute atomic E-state index is 12.2. The van der Waals surface area contributed by atoms with Gasteiger partial charge in [0.1, 0.15) is 0 Å². The van der Waals surface area contributed by atoms with Crippen molar-refractivity contribution in [1.82, 2.24) is 4.90 Å². The molecule has 4 heteroatoms. The van der Waals surface area contributed by atoms with Crippen LogP contribution in [0.2, 0.25) is 0 Å². The van der Waals surface area contributed by atoms with Crippen molar-refractivity contribution in [2.75, 3.05) is 0 Å². The number of hydrogen-bond donors (Lipinski definition) is 0. The van der Waals surface area contributed by atoms with E-state index in [1.807, 2.05) is 13.8 Å². The van der Waals surface area contributed by atoms with Gasteiger partial charge in [0.2, 0.25) is 0 Å². The van der Waals surface area contributed by atoms with Crippen LogP contribution in [0.1, 0.15) is 33.1 Å². The van der Waals surface area contributed by atoms with Gasteiger partial charge in [0.25, 0.3) is 5.91 Å². The van der Waals surface area contributed by atoms with Gasteiger partial charge in [-0.1, -0.05) is 6.92 Å².